The molecule has 0 aliphatic rings. The molecule has 0 atom stereocenters. The van der Waals surface area contributed by atoms with Crippen LogP contribution < -0.4 is 10.6 Å². The van der Waals surface area contributed by atoms with E-state index in [0.29, 0.717) is 17.4 Å². The summed E-state index contributed by atoms with van der Waals surface area (Å²) in [5.74, 6) is -0.0742. The molecule has 7 nitrogen and oxygen atoms in total. The van der Waals surface area contributed by atoms with Crippen molar-refractivity contribution in [3.8, 4) is 0 Å². The third-order valence-electron chi connectivity index (χ3n) is 2.65. The number of hydrogen-bond donors (Lipinski definition) is 2. The van der Waals surface area contributed by atoms with Gasteiger partial charge in [-0.05, 0) is 13.0 Å². The Morgan fingerprint density at radius 3 is 2.62 bits per heavy atom. The summed E-state index contributed by atoms with van der Waals surface area (Å²) in [7, 11) is -0.442. The number of pyridine rings is 1. The first-order chi connectivity index (χ1) is 9.77. The van der Waals surface area contributed by atoms with Gasteiger partial charge in [0.25, 0.3) is 5.91 Å². The zero-order chi connectivity index (χ0) is 16.0. The number of nitrogens with one attached hydrogen (secondary N) is 2. The van der Waals surface area contributed by atoms with Crippen molar-refractivity contribution in [2.75, 3.05) is 38.3 Å². The number of aromatic nitrogens is 1. The highest BCUT2D eigenvalue weighted by atomic mass is 35.5. The number of carbonyl (C=O) groups is 1. The van der Waals surface area contributed by atoms with Crippen LogP contribution in [0.2, 0.25) is 5.02 Å². The van der Waals surface area contributed by atoms with Gasteiger partial charge in [-0.15, -0.1) is 0 Å². The van der Waals surface area contributed by atoms with E-state index in [0.717, 1.165) is 4.31 Å². The summed E-state index contributed by atoms with van der Waals surface area (Å²) in [6.07, 6.45) is 1.39. The van der Waals surface area contributed by atoms with Crippen molar-refractivity contribution in [1.29, 1.82) is 0 Å². The second-order valence-corrected chi connectivity index (χ2v) is 7.15. The minimum Gasteiger partial charge on any atom is -0.369 e. The Hall–Kier alpha value is -1.38. The van der Waals surface area contributed by atoms with Crippen molar-refractivity contribution in [2.24, 2.45) is 0 Å². The van der Waals surface area contributed by atoms with Crippen LogP contribution in [0.25, 0.3) is 0 Å². The van der Waals surface area contributed by atoms with Crippen molar-refractivity contribution >= 4 is 33.3 Å². The van der Waals surface area contributed by atoms with Crippen molar-refractivity contribution in [1.82, 2.24) is 14.6 Å². The Labute approximate surface area is 129 Å². The zero-order valence-corrected chi connectivity index (χ0v) is 13.8. The molecule has 1 heterocycles. The number of nitrogens with zero attached hydrogens (tertiary/aromatic N) is 2. The first-order valence-electron chi connectivity index (χ1n) is 6.35. The minimum atomic E-state index is -3.33. The van der Waals surface area contributed by atoms with E-state index in [9.17, 15) is 13.2 Å². The molecule has 0 aliphatic carbocycles. The van der Waals surface area contributed by atoms with Crippen LogP contribution in [0.1, 0.15) is 17.3 Å². The van der Waals surface area contributed by atoms with Gasteiger partial charge in [0.05, 0.1) is 16.3 Å². The smallest absolute Gasteiger partial charge is 0.252 e. The number of rotatable bonds is 7. The number of hydrogen-bond acceptors (Lipinski definition) is 5. The van der Waals surface area contributed by atoms with Gasteiger partial charge >= 0.3 is 0 Å². The topological polar surface area (TPSA) is 91.4 Å². The van der Waals surface area contributed by atoms with Crippen molar-refractivity contribution in [3.05, 3.63) is 22.8 Å². The summed E-state index contributed by atoms with van der Waals surface area (Å²) < 4.78 is 24.2. The maximum absolute atomic E-state index is 11.9. The molecule has 1 aromatic rings. The molecule has 0 saturated carbocycles. The fourth-order valence-corrected chi connectivity index (χ4v) is 2.40. The summed E-state index contributed by atoms with van der Waals surface area (Å²) >= 11 is 5.99. The van der Waals surface area contributed by atoms with Gasteiger partial charge in [-0.3, -0.25) is 4.79 Å². The quantitative estimate of drug-likeness (QED) is 0.769. The van der Waals surface area contributed by atoms with Crippen LogP contribution in [0, 0.1) is 0 Å². The van der Waals surface area contributed by atoms with Crippen LogP contribution in [0.3, 0.4) is 0 Å². The van der Waals surface area contributed by atoms with Gasteiger partial charge in [-0.25, -0.2) is 17.7 Å². The molecule has 0 aromatic carbocycles. The Kier molecular flexibility index (Phi) is 6.38. The predicted octanol–water partition coefficient (Wildman–Crippen LogP) is 0.788. The largest absolute Gasteiger partial charge is 0.369 e. The number of sulfonamides is 1. The van der Waals surface area contributed by atoms with E-state index in [4.69, 9.17) is 11.6 Å². The average Bonchev–Trinajstić information content (AvgIpc) is 2.40. The summed E-state index contributed by atoms with van der Waals surface area (Å²) in [5, 5.41) is 5.82. The summed E-state index contributed by atoms with van der Waals surface area (Å²) in [6.45, 7) is 2.59. The van der Waals surface area contributed by atoms with Crippen molar-refractivity contribution in [3.63, 3.8) is 0 Å². The molecule has 0 fully saturated rings. The molecule has 118 valence electrons. The average molecular weight is 335 g/mol. The summed E-state index contributed by atoms with van der Waals surface area (Å²) in [4.78, 5) is 15.9. The van der Waals surface area contributed by atoms with Crippen molar-refractivity contribution in [2.45, 2.75) is 6.92 Å². The normalized spacial score (nSPS) is 11.5. The van der Waals surface area contributed by atoms with E-state index >= 15 is 0 Å². The molecular weight excluding hydrogens is 316 g/mol. The molecule has 0 radical (unpaired) electrons. The first kappa shape index (κ1) is 17.7. The monoisotopic (exact) mass is 334 g/mol. The lowest BCUT2D eigenvalue weighted by molar-refractivity contribution is 0.0955. The highest BCUT2D eigenvalue weighted by Gasteiger charge is 2.15. The van der Waals surface area contributed by atoms with Crippen LogP contribution >= 0.6 is 11.6 Å². The van der Waals surface area contributed by atoms with Gasteiger partial charge in [0, 0.05) is 33.4 Å². The Bertz CT molecular complexity index is 605. The van der Waals surface area contributed by atoms with E-state index in [1.54, 1.807) is 0 Å². The minimum absolute atomic E-state index is 0.0198. The molecule has 9 heteroatoms. The second-order valence-electron chi connectivity index (χ2n) is 4.44. The molecule has 0 saturated heterocycles. The van der Waals surface area contributed by atoms with Gasteiger partial charge in [0.2, 0.25) is 10.0 Å². The fraction of sp³-hybridized carbons (Fsp3) is 0.500. The lowest BCUT2D eigenvalue weighted by atomic mass is 10.2. The molecule has 0 unspecified atom stereocenters. The summed E-state index contributed by atoms with van der Waals surface area (Å²) in [6, 6.07) is 1.49. The molecule has 2 N–H and O–H groups in total. The number of carbonyl (C=O) groups excluding carboxylic acids is 1. The third-order valence-corrected chi connectivity index (χ3v) is 4.77. The molecule has 1 aromatic heterocycles. The van der Waals surface area contributed by atoms with E-state index < -0.39 is 15.9 Å². The van der Waals surface area contributed by atoms with Gasteiger partial charge in [0.15, 0.2) is 0 Å². The van der Waals surface area contributed by atoms with Crippen LogP contribution in [0.15, 0.2) is 12.3 Å². The van der Waals surface area contributed by atoms with Gasteiger partial charge in [-0.1, -0.05) is 11.6 Å². The van der Waals surface area contributed by atoms with Gasteiger partial charge < -0.3 is 10.6 Å². The predicted molar refractivity (Wildman–Crippen MR) is 83.2 cm³/mol. The van der Waals surface area contributed by atoms with Crippen LogP contribution in [0.4, 0.5) is 5.82 Å². The lowest BCUT2D eigenvalue weighted by Gasteiger charge is -2.12. The standard InChI is InChI=1S/C12H19ClN4O3S/c1-4-14-11-10(13)7-9(8-16-11)12(18)15-5-6-21(19,20)17(2)3/h7-8H,4-6H2,1-3H3,(H,14,16)(H,15,18). The second kappa shape index (κ2) is 7.58. The molecular formula is C12H19ClN4O3S. The number of halogens is 1. The van der Waals surface area contributed by atoms with Gasteiger partial charge in [0.1, 0.15) is 5.82 Å². The maximum Gasteiger partial charge on any atom is 0.252 e. The van der Waals surface area contributed by atoms with Crippen LogP contribution in [0.5, 0.6) is 0 Å². The number of anilines is 1. The van der Waals surface area contributed by atoms with E-state index in [2.05, 4.69) is 15.6 Å². The summed E-state index contributed by atoms with van der Waals surface area (Å²) in [5.41, 5.74) is 0.281. The molecule has 0 aliphatic heterocycles. The Morgan fingerprint density at radius 1 is 1.43 bits per heavy atom. The molecule has 0 spiro atoms. The fourth-order valence-electron chi connectivity index (χ4n) is 1.44. The van der Waals surface area contributed by atoms with Crippen molar-refractivity contribution < 1.29 is 13.2 Å². The van der Waals surface area contributed by atoms with Crippen LogP contribution in [-0.2, 0) is 10.0 Å². The molecule has 0 bridgehead atoms. The van der Waals surface area contributed by atoms with E-state index in [-0.39, 0.29) is 17.9 Å². The maximum atomic E-state index is 11.9. The SMILES string of the molecule is CCNc1ncc(C(=O)NCCS(=O)(=O)N(C)C)cc1Cl. The molecule has 1 rings (SSSR count). The highest BCUT2D eigenvalue weighted by Crippen LogP contribution is 2.19. The van der Waals surface area contributed by atoms with Gasteiger partial charge in [-0.2, -0.15) is 0 Å². The molecule has 21 heavy (non-hydrogen) atoms. The van der Waals surface area contributed by atoms with E-state index in [1.807, 2.05) is 6.92 Å². The van der Waals surface area contributed by atoms with Crippen LogP contribution in [-0.4, -0.2) is 56.6 Å². The first-order valence-corrected chi connectivity index (χ1v) is 8.34. The zero-order valence-electron chi connectivity index (χ0n) is 12.2. The number of amides is 1. The van der Waals surface area contributed by atoms with E-state index in [1.165, 1.54) is 26.4 Å². The lowest BCUT2D eigenvalue weighted by Crippen LogP contribution is -2.34. The highest BCUT2D eigenvalue weighted by molar-refractivity contribution is 7.89. The molecule has 1 amide bonds. The Balaban J connectivity index is 2.63. The Morgan fingerprint density at radius 2 is 2.10 bits per heavy atom. The third kappa shape index (κ3) is 5.14.